The van der Waals surface area contributed by atoms with Gasteiger partial charge in [-0.2, -0.15) is 0 Å². The van der Waals surface area contributed by atoms with Crippen LogP contribution < -0.4 is 9.64 Å². The third kappa shape index (κ3) is 3.21. The van der Waals surface area contributed by atoms with E-state index in [1.807, 2.05) is 0 Å². The van der Waals surface area contributed by atoms with Gasteiger partial charge in [0.25, 0.3) is 15.5 Å². The maximum Gasteiger partial charge on any atom is 0.265 e. The lowest BCUT2D eigenvalue weighted by Crippen LogP contribution is -2.40. The molecule has 2 rings (SSSR count). The smallest absolute Gasteiger partial charge is 0.265 e. The number of anilines is 1. The van der Waals surface area contributed by atoms with E-state index >= 15 is 0 Å². The molecular weight excluding hydrogens is 323 g/mol. The van der Waals surface area contributed by atoms with E-state index in [2.05, 4.69) is 0 Å². The average Bonchev–Trinajstić information content (AvgIpc) is 2.25. The van der Waals surface area contributed by atoms with Gasteiger partial charge in [-0.15, -0.1) is 0 Å². The molecule has 1 atom stereocenters. The van der Waals surface area contributed by atoms with E-state index < -0.39 is 27.6 Å². The van der Waals surface area contributed by atoms with Gasteiger partial charge in [0.05, 0.1) is 18.8 Å². The highest BCUT2D eigenvalue weighted by atomic mass is 35.7. The SMILES string of the molecule is O=S(=O)(Cl)c1cccc2c1OC(Cl)CN2CC(F)F. The molecule has 19 heavy (non-hydrogen) atoms. The number of hydrogen-bond acceptors (Lipinski definition) is 4. The molecule has 0 saturated heterocycles. The molecule has 0 amide bonds. The second-order valence-electron chi connectivity index (χ2n) is 3.87. The summed E-state index contributed by atoms with van der Waals surface area (Å²) in [5.41, 5.74) is -0.690. The van der Waals surface area contributed by atoms with Crippen LogP contribution in [0.5, 0.6) is 5.75 Å². The second kappa shape index (κ2) is 5.30. The van der Waals surface area contributed by atoms with E-state index in [9.17, 15) is 17.2 Å². The lowest BCUT2D eigenvalue weighted by Gasteiger charge is -2.34. The monoisotopic (exact) mass is 331 g/mol. The highest BCUT2D eigenvalue weighted by Crippen LogP contribution is 2.40. The molecule has 1 aromatic carbocycles. The largest absolute Gasteiger partial charge is 0.469 e. The van der Waals surface area contributed by atoms with Gasteiger partial charge >= 0.3 is 0 Å². The van der Waals surface area contributed by atoms with E-state index in [1.165, 1.54) is 23.1 Å². The molecule has 0 N–H and O–H groups in total. The van der Waals surface area contributed by atoms with Gasteiger partial charge in [0.1, 0.15) is 4.90 Å². The van der Waals surface area contributed by atoms with Crippen LogP contribution in [0, 0.1) is 0 Å². The zero-order valence-electron chi connectivity index (χ0n) is 9.39. The van der Waals surface area contributed by atoms with Gasteiger partial charge in [-0.1, -0.05) is 17.7 Å². The minimum Gasteiger partial charge on any atom is -0.469 e. The van der Waals surface area contributed by atoms with Crippen molar-refractivity contribution in [2.45, 2.75) is 16.9 Å². The van der Waals surface area contributed by atoms with Crippen molar-refractivity contribution in [2.24, 2.45) is 0 Å². The second-order valence-corrected chi connectivity index (χ2v) is 6.89. The Morgan fingerprint density at radius 2 is 2.16 bits per heavy atom. The summed E-state index contributed by atoms with van der Waals surface area (Å²) >= 11 is 5.80. The van der Waals surface area contributed by atoms with E-state index in [4.69, 9.17) is 27.0 Å². The molecule has 1 heterocycles. The Bertz CT molecular complexity index is 582. The Balaban J connectivity index is 2.52. The fourth-order valence-electron chi connectivity index (χ4n) is 1.84. The van der Waals surface area contributed by atoms with Crippen LogP contribution in [0.25, 0.3) is 0 Å². The van der Waals surface area contributed by atoms with E-state index in [0.29, 0.717) is 0 Å². The third-order valence-corrected chi connectivity index (χ3v) is 4.10. The number of benzene rings is 1. The third-order valence-electron chi connectivity index (χ3n) is 2.53. The molecule has 9 heteroatoms. The summed E-state index contributed by atoms with van der Waals surface area (Å²) in [6.07, 6.45) is -2.58. The molecule has 0 aliphatic carbocycles. The van der Waals surface area contributed by atoms with Crippen LogP contribution >= 0.6 is 22.3 Å². The van der Waals surface area contributed by atoms with Crippen LogP contribution in [0.2, 0.25) is 0 Å². The number of ether oxygens (including phenoxy) is 1. The standard InChI is InChI=1S/C10H9Cl2F2NO3S/c11-8-4-15(5-9(13)14)6-2-1-3-7(10(6)18-8)19(12,16)17/h1-3,8-9H,4-5H2. The molecule has 0 bridgehead atoms. The van der Waals surface area contributed by atoms with Crippen LogP contribution in [0.1, 0.15) is 0 Å². The zero-order valence-corrected chi connectivity index (χ0v) is 11.7. The van der Waals surface area contributed by atoms with Crippen molar-refractivity contribution in [1.82, 2.24) is 0 Å². The summed E-state index contributed by atoms with van der Waals surface area (Å²) in [5, 5.41) is 0. The fraction of sp³-hybridized carbons (Fsp3) is 0.400. The summed E-state index contributed by atoms with van der Waals surface area (Å²) in [7, 11) is 1.23. The molecular formula is C10H9Cl2F2NO3S. The van der Waals surface area contributed by atoms with Gasteiger partial charge in [-0.25, -0.2) is 17.2 Å². The molecule has 0 fully saturated rings. The Hall–Kier alpha value is -0.790. The topological polar surface area (TPSA) is 46.6 Å². The average molecular weight is 332 g/mol. The van der Waals surface area contributed by atoms with E-state index in [0.717, 1.165) is 0 Å². The lowest BCUT2D eigenvalue weighted by molar-refractivity contribution is 0.149. The predicted molar refractivity (Wildman–Crippen MR) is 68.0 cm³/mol. The Labute approximate surface area is 118 Å². The number of halogens is 4. The van der Waals surface area contributed by atoms with Crippen LogP contribution in [-0.2, 0) is 9.05 Å². The number of alkyl halides is 3. The van der Waals surface area contributed by atoms with Crippen LogP contribution in [-0.4, -0.2) is 33.5 Å². The molecule has 0 aromatic heterocycles. The number of fused-ring (bicyclic) bond motifs is 1. The molecule has 4 nitrogen and oxygen atoms in total. The van der Waals surface area contributed by atoms with Crippen molar-refractivity contribution in [1.29, 1.82) is 0 Å². The van der Waals surface area contributed by atoms with E-state index in [-0.39, 0.29) is 22.9 Å². The number of rotatable bonds is 3. The quantitative estimate of drug-likeness (QED) is 0.631. The van der Waals surface area contributed by atoms with Gasteiger partial charge in [-0.3, -0.25) is 0 Å². The van der Waals surface area contributed by atoms with Gasteiger partial charge in [-0.05, 0) is 12.1 Å². The first-order valence-electron chi connectivity index (χ1n) is 5.20. The Morgan fingerprint density at radius 1 is 1.47 bits per heavy atom. The fourth-order valence-corrected chi connectivity index (χ4v) is 3.08. The minimum absolute atomic E-state index is 0.0324. The first kappa shape index (κ1) is 14.6. The van der Waals surface area contributed by atoms with Gasteiger partial charge in [0.2, 0.25) is 0 Å². The molecule has 106 valence electrons. The molecule has 0 saturated carbocycles. The van der Waals surface area contributed by atoms with Crippen molar-refractivity contribution < 1.29 is 21.9 Å². The number of nitrogens with zero attached hydrogens (tertiary/aromatic N) is 1. The molecule has 1 aromatic rings. The molecule has 0 radical (unpaired) electrons. The van der Waals surface area contributed by atoms with Crippen molar-refractivity contribution in [2.75, 3.05) is 18.0 Å². The summed E-state index contributed by atoms with van der Waals surface area (Å²) in [6, 6.07) is 4.12. The first-order valence-corrected chi connectivity index (χ1v) is 7.95. The van der Waals surface area contributed by atoms with Crippen molar-refractivity contribution in [3.63, 3.8) is 0 Å². The maximum absolute atomic E-state index is 12.5. The van der Waals surface area contributed by atoms with Crippen LogP contribution in [0.3, 0.4) is 0 Å². The maximum atomic E-state index is 12.5. The van der Waals surface area contributed by atoms with Gasteiger partial charge in [0.15, 0.2) is 11.3 Å². The van der Waals surface area contributed by atoms with Gasteiger partial charge in [0, 0.05) is 10.7 Å². The van der Waals surface area contributed by atoms with Crippen molar-refractivity contribution >= 4 is 37.0 Å². The van der Waals surface area contributed by atoms with Gasteiger partial charge < -0.3 is 9.64 Å². The van der Waals surface area contributed by atoms with Crippen LogP contribution in [0.15, 0.2) is 23.1 Å². The minimum atomic E-state index is -4.05. The zero-order chi connectivity index (χ0) is 14.2. The summed E-state index contributed by atoms with van der Waals surface area (Å²) in [4.78, 5) is 0.989. The number of para-hydroxylation sites is 1. The van der Waals surface area contributed by atoms with Crippen LogP contribution in [0.4, 0.5) is 14.5 Å². The van der Waals surface area contributed by atoms with Crippen molar-refractivity contribution in [3.05, 3.63) is 18.2 Å². The summed E-state index contributed by atoms with van der Waals surface area (Å²) in [6.45, 7) is -0.532. The molecule has 0 spiro atoms. The highest BCUT2D eigenvalue weighted by molar-refractivity contribution is 8.13. The molecule has 1 unspecified atom stereocenters. The molecule has 1 aliphatic rings. The Morgan fingerprint density at radius 3 is 2.74 bits per heavy atom. The van der Waals surface area contributed by atoms with Crippen molar-refractivity contribution in [3.8, 4) is 5.75 Å². The Kier molecular flexibility index (Phi) is 4.08. The van der Waals surface area contributed by atoms with E-state index in [1.54, 1.807) is 0 Å². The first-order chi connectivity index (χ1) is 8.79. The number of hydrogen-bond donors (Lipinski definition) is 0. The summed E-state index contributed by atoms with van der Waals surface area (Å²) < 4.78 is 53.1. The molecule has 1 aliphatic heterocycles. The lowest BCUT2D eigenvalue weighted by atomic mass is 10.2. The highest BCUT2D eigenvalue weighted by Gasteiger charge is 2.31. The normalized spacial score (nSPS) is 19.2. The summed E-state index contributed by atoms with van der Waals surface area (Å²) in [5.74, 6) is -0.0931. The predicted octanol–water partition coefficient (Wildman–Crippen LogP) is 2.64.